The number of nitrogens with two attached hydrogens (primary N) is 1. The summed E-state index contributed by atoms with van der Waals surface area (Å²) in [5.74, 6) is -0.351. The fourth-order valence-electron chi connectivity index (χ4n) is 5.32. The van der Waals surface area contributed by atoms with Gasteiger partial charge in [-0.15, -0.1) is 0 Å². The lowest BCUT2D eigenvalue weighted by molar-refractivity contribution is -0.154. The Morgan fingerprint density at radius 3 is 2.59 bits per heavy atom. The number of hydrogen-bond donors (Lipinski definition) is 4. The summed E-state index contributed by atoms with van der Waals surface area (Å²) in [4.78, 5) is 16.8. The smallest absolute Gasteiger partial charge is 0.459 e. The maximum absolute atomic E-state index is 14.2. The molecule has 248 valence electrons. The highest BCUT2D eigenvalue weighted by molar-refractivity contribution is 7.52. The Balaban J connectivity index is 1.36. The molecule has 5 rings (SSSR count). The van der Waals surface area contributed by atoms with Crippen LogP contribution in [-0.4, -0.2) is 81.1 Å². The minimum absolute atomic E-state index is 0.0918. The molecule has 46 heavy (non-hydrogen) atoms. The van der Waals surface area contributed by atoms with Crippen LogP contribution in [0.3, 0.4) is 0 Å². The van der Waals surface area contributed by atoms with Gasteiger partial charge >= 0.3 is 13.7 Å². The van der Waals surface area contributed by atoms with Gasteiger partial charge in [0, 0.05) is 12.8 Å². The number of rotatable bonds is 10. The van der Waals surface area contributed by atoms with Crippen molar-refractivity contribution in [1.29, 1.82) is 5.26 Å². The van der Waals surface area contributed by atoms with E-state index in [2.05, 4.69) is 15.2 Å². The molecule has 0 spiro atoms. The second-order valence-corrected chi connectivity index (χ2v) is 14.1. The minimum atomic E-state index is -4.39. The molecule has 3 aromatic rings. The van der Waals surface area contributed by atoms with Crippen molar-refractivity contribution in [3.63, 3.8) is 0 Å². The van der Waals surface area contributed by atoms with Crippen LogP contribution in [0.4, 0.5) is 5.82 Å². The van der Waals surface area contributed by atoms with E-state index in [0.29, 0.717) is 31.6 Å². The predicted octanol–water partition coefficient (Wildman–Crippen LogP) is 2.35. The zero-order valence-corrected chi connectivity index (χ0v) is 26.9. The predicted molar refractivity (Wildman–Crippen MR) is 163 cm³/mol. The molecule has 15 nitrogen and oxygen atoms in total. The average molecular weight is 659 g/mol. The first-order valence-corrected chi connectivity index (χ1v) is 16.5. The molecule has 16 heteroatoms. The molecule has 0 amide bonds. The Morgan fingerprint density at radius 2 is 1.93 bits per heavy atom. The number of hydrogen-bond acceptors (Lipinski definition) is 13. The Bertz CT molecular complexity index is 1630. The van der Waals surface area contributed by atoms with Gasteiger partial charge in [0.15, 0.2) is 5.82 Å². The summed E-state index contributed by atoms with van der Waals surface area (Å²) in [6, 6.07) is 10.7. The lowest BCUT2D eigenvalue weighted by Crippen LogP contribution is -2.41. The number of nitriles is 1. The third-order valence-corrected chi connectivity index (χ3v) is 9.64. The molecule has 1 aromatic carbocycles. The summed E-state index contributed by atoms with van der Waals surface area (Å²) < 4.78 is 43.9. The summed E-state index contributed by atoms with van der Waals surface area (Å²) in [5.41, 5.74) is 5.14. The zero-order valence-electron chi connectivity index (χ0n) is 26.0. The van der Waals surface area contributed by atoms with Gasteiger partial charge in [0.2, 0.25) is 5.60 Å². The molecule has 2 aromatic heterocycles. The first-order chi connectivity index (χ1) is 21.8. The van der Waals surface area contributed by atoms with Crippen molar-refractivity contribution < 1.29 is 42.8 Å². The lowest BCUT2D eigenvalue weighted by Gasteiger charge is -2.27. The molecular weight excluding hydrogens is 619 g/mol. The van der Waals surface area contributed by atoms with E-state index in [9.17, 15) is 24.8 Å². The second-order valence-electron chi connectivity index (χ2n) is 12.4. The summed E-state index contributed by atoms with van der Waals surface area (Å²) in [6.07, 6.45) is -2.85. The Labute approximate surface area is 266 Å². The number of esters is 1. The first kappa shape index (κ1) is 33.7. The van der Waals surface area contributed by atoms with Crippen LogP contribution in [0.15, 0.2) is 42.7 Å². The molecule has 2 unspecified atom stereocenters. The number of aliphatic hydroxyl groups is 2. The standard InChI is InChI=1S/C30H39N6O9P/c1-18(28(39)43-20-11-13-41-14-12-20)35-46(40,45-21-7-5-19(6-8-21)29(2,3)4)42-15-23-25(37)26(38)30(16-31,44-23)24-10-9-22-27(32)33-17-34-36(22)24/h5-10,17-18,20,23,25-26,37-38H,11-15H2,1-4H3,(H,35,40)(H2,32,33,34)/t18-,23+,25+,26+,30?,46?/m0/s1. The second kappa shape index (κ2) is 13.2. The van der Waals surface area contributed by atoms with E-state index in [0.717, 1.165) is 5.56 Å². The van der Waals surface area contributed by atoms with Gasteiger partial charge < -0.3 is 34.7 Å². The molecule has 0 radical (unpaired) electrons. The minimum Gasteiger partial charge on any atom is -0.461 e. The number of fused-ring (bicyclic) bond motifs is 1. The Hall–Kier alpha value is -3.61. The molecule has 4 heterocycles. The normalized spacial score (nSPS) is 25.9. The molecule has 5 N–H and O–H groups in total. The topological polar surface area (TPSA) is 213 Å². The average Bonchev–Trinajstić information content (AvgIpc) is 3.56. The number of benzene rings is 1. The van der Waals surface area contributed by atoms with Crippen molar-refractivity contribution in [2.45, 2.75) is 82.0 Å². The molecule has 2 saturated heterocycles. The van der Waals surface area contributed by atoms with Gasteiger partial charge in [-0.3, -0.25) is 9.32 Å². The van der Waals surface area contributed by atoms with E-state index in [1.807, 2.05) is 39.0 Å². The van der Waals surface area contributed by atoms with Crippen LogP contribution in [0.5, 0.6) is 5.75 Å². The van der Waals surface area contributed by atoms with Gasteiger partial charge in [-0.2, -0.15) is 15.4 Å². The van der Waals surface area contributed by atoms with Crippen LogP contribution in [0.25, 0.3) is 5.52 Å². The Kier molecular flexibility index (Phi) is 9.72. The van der Waals surface area contributed by atoms with Crippen LogP contribution >= 0.6 is 7.75 Å². The first-order valence-electron chi connectivity index (χ1n) is 14.9. The number of carbonyl (C=O) groups is 1. The van der Waals surface area contributed by atoms with Crippen LogP contribution < -0.4 is 15.3 Å². The fraction of sp³-hybridized carbons (Fsp3) is 0.533. The molecule has 0 bridgehead atoms. The van der Waals surface area contributed by atoms with Gasteiger partial charge in [-0.1, -0.05) is 32.9 Å². The van der Waals surface area contributed by atoms with Crippen molar-refractivity contribution in [2.24, 2.45) is 0 Å². The molecule has 6 atom stereocenters. The third-order valence-electron chi connectivity index (χ3n) is 8.00. The van der Waals surface area contributed by atoms with E-state index in [4.69, 9.17) is 29.0 Å². The number of nitrogen functional groups attached to an aromatic ring is 1. The van der Waals surface area contributed by atoms with Crippen LogP contribution in [-0.2, 0) is 39.1 Å². The van der Waals surface area contributed by atoms with Gasteiger partial charge in [-0.25, -0.2) is 14.1 Å². The highest BCUT2D eigenvalue weighted by Crippen LogP contribution is 2.47. The summed E-state index contributed by atoms with van der Waals surface area (Å²) >= 11 is 0. The SMILES string of the molecule is C[C@H](NP(=O)(OC[C@H]1OC(C#N)(c2ccc3c(N)ncnn23)[C@H](O)[C@@H]1O)Oc1ccc(C(C)(C)C)cc1)C(=O)OC1CCOCC1. The number of ether oxygens (including phenoxy) is 3. The van der Waals surface area contributed by atoms with Crippen molar-refractivity contribution in [2.75, 3.05) is 25.6 Å². The maximum atomic E-state index is 14.2. The third kappa shape index (κ3) is 6.89. The van der Waals surface area contributed by atoms with E-state index in [1.54, 1.807) is 18.2 Å². The number of nitrogens with one attached hydrogen (secondary N) is 1. The summed E-state index contributed by atoms with van der Waals surface area (Å²) in [7, 11) is -4.39. The Morgan fingerprint density at radius 1 is 1.24 bits per heavy atom. The van der Waals surface area contributed by atoms with Crippen molar-refractivity contribution >= 4 is 25.1 Å². The zero-order chi connectivity index (χ0) is 33.3. The van der Waals surface area contributed by atoms with E-state index in [-0.39, 0.29) is 28.8 Å². The van der Waals surface area contributed by atoms with E-state index >= 15 is 0 Å². The monoisotopic (exact) mass is 658 g/mol. The van der Waals surface area contributed by atoms with Crippen LogP contribution in [0, 0.1) is 11.3 Å². The van der Waals surface area contributed by atoms with Crippen molar-refractivity contribution in [1.82, 2.24) is 19.7 Å². The maximum Gasteiger partial charge on any atom is 0.459 e. The van der Waals surface area contributed by atoms with E-state index < -0.39 is 50.3 Å². The molecule has 0 aliphatic carbocycles. The van der Waals surface area contributed by atoms with E-state index in [1.165, 1.54) is 23.8 Å². The fourth-order valence-corrected chi connectivity index (χ4v) is 6.82. The molecule has 2 aliphatic rings. The molecule has 2 fully saturated rings. The van der Waals surface area contributed by atoms with Crippen LogP contribution in [0.2, 0.25) is 0 Å². The highest BCUT2D eigenvalue weighted by atomic mass is 31.2. The largest absolute Gasteiger partial charge is 0.461 e. The number of nitrogens with zero attached hydrogens (tertiary/aromatic N) is 4. The van der Waals surface area contributed by atoms with Gasteiger partial charge in [0.1, 0.15) is 54.1 Å². The quantitative estimate of drug-likeness (QED) is 0.182. The summed E-state index contributed by atoms with van der Waals surface area (Å²) in [5, 5.41) is 39.0. The van der Waals surface area contributed by atoms with Gasteiger partial charge in [-0.05, 0) is 42.2 Å². The number of anilines is 1. The molecule has 2 aliphatic heterocycles. The van der Waals surface area contributed by atoms with Crippen LogP contribution in [0.1, 0.15) is 51.8 Å². The van der Waals surface area contributed by atoms with Crippen molar-refractivity contribution in [3.05, 3.63) is 54.0 Å². The number of carbonyl (C=O) groups excluding carboxylic acids is 1. The highest BCUT2D eigenvalue weighted by Gasteiger charge is 2.58. The van der Waals surface area contributed by atoms with Crippen molar-refractivity contribution in [3.8, 4) is 11.8 Å². The molecular formula is C30H39N6O9P. The van der Waals surface area contributed by atoms with Gasteiger partial charge in [0.25, 0.3) is 0 Å². The number of aromatic nitrogens is 3. The summed E-state index contributed by atoms with van der Waals surface area (Å²) in [6.45, 7) is 7.93. The lowest BCUT2D eigenvalue weighted by atomic mass is 9.87. The number of aliphatic hydroxyl groups excluding tert-OH is 2. The molecule has 0 saturated carbocycles. The van der Waals surface area contributed by atoms with Gasteiger partial charge in [0.05, 0.1) is 25.5 Å².